The van der Waals surface area contributed by atoms with E-state index in [1.165, 1.54) is 30.4 Å². The van der Waals surface area contributed by atoms with Crippen LogP contribution >= 0.6 is 24.6 Å². The highest BCUT2D eigenvalue weighted by Crippen LogP contribution is 2.27. The number of hydrogen-bond acceptors (Lipinski definition) is 5. The zero-order valence-corrected chi connectivity index (χ0v) is 15.6. The van der Waals surface area contributed by atoms with E-state index in [2.05, 4.69) is 29.2 Å². The van der Waals surface area contributed by atoms with Crippen LogP contribution in [0.3, 0.4) is 0 Å². The molecule has 0 aromatic carbocycles. The maximum absolute atomic E-state index is 6.24. The molecule has 0 atom stereocenters. The predicted molar refractivity (Wildman–Crippen MR) is 103 cm³/mol. The maximum Gasteiger partial charge on any atom is 0.156 e. The van der Waals surface area contributed by atoms with Crippen LogP contribution in [0.2, 0.25) is 0 Å². The molecule has 0 unspecified atom stereocenters. The number of nitrogens with zero attached hydrogens (tertiary/aromatic N) is 3. The van der Waals surface area contributed by atoms with Crippen molar-refractivity contribution in [3.63, 3.8) is 0 Å². The van der Waals surface area contributed by atoms with E-state index in [1.807, 2.05) is 24.4 Å². The number of thiol groups is 1. The molecule has 4 nitrogen and oxygen atoms in total. The summed E-state index contributed by atoms with van der Waals surface area (Å²) in [7, 11) is 1.75. The van der Waals surface area contributed by atoms with Crippen molar-refractivity contribution >= 4 is 36.2 Å². The lowest BCUT2D eigenvalue weighted by Gasteiger charge is -2.22. The molecule has 0 aromatic rings. The molecule has 1 fully saturated rings. The standard InChI is InChI=1S/C16H26N4S2/c1-11(15(17)14-8-6-7-9-14)10-19-16(12(2)21)20(22-5)13(3)18-4/h10,21H,2,6-9,17H2,1,3-5H3/b11-10+,18-13?,19-16?. The number of amidine groups is 2. The van der Waals surface area contributed by atoms with Gasteiger partial charge in [-0.1, -0.05) is 6.58 Å². The van der Waals surface area contributed by atoms with E-state index in [-0.39, 0.29) is 0 Å². The molecule has 22 heavy (non-hydrogen) atoms. The highest BCUT2D eigenvalue weighted by atomic mass is 32.2. The van der Waals surface area contributed by atoms with Crippen LogP contribution in [0.1, 0.15) is 39.5 Å². The molecule has 122 valence electrons. The summed E-state index contributed by atoms with van der Waals surface area (Å²) in [5, 5.41) is 0. The minimum absolute atomic E-state index is 0.591. The van der Waals surface area contributed by atoms with E-state index in [9.17, 15) is 0 Å². The van der Waals surface area contributed by atoms with Gasteiger partial charge in [-0.2, -0.15) is 0 Å². The van der Waals surface area contributed by atoms with Crippen LogP contribution in [-0.4, -0.2) is 29.3 Å². The highest BCUT2D eigenvalue weighted by molar-refractivity contribution is 7.97. The molecule has 0 saturated heterocycles. The lowest BCUT2D eigenvalue weighted by Crippen LogP contribution is -2.28. The van der Waals surface area contributed by atoms with Crippen LogP contribution < -0.4 is 5.73 Å². The molecule has 0 radical (unpaired) electrons. The van der Waals surface area contributed by atoms with Gasteiger partial charge < -0.3 is 5.73 Å². The van der Waals surface area contributed by atoms with Crippen molar-refractivity contribution in [1.29, 1.82) is 0 Å². The second-order valence-electron chi connectivity index (χ2n) is 5.18. The molecule has 0 amide bonds. The molecule has 1 rings (SSSR count). The van der Waals surface area contributed by atoms with Gasteiger partial charge in [-0.25, -0.2) is 4.99 Å². The quantitative estimate of drug-likeness (QED) is 0.350. The summed E-state index contributed by atoms with van der Waals surface area (Å²) in [6, 6.07) is 0. The van der Waals surface area contributed by atoms with E-state index >= 15 is 0 Å². The fourth-order valence-corrected chi connectivity index (χ4v) is 3.19. The molecule has 0 spiro atoms. The normalized spacial score (nSPS) is 17.0. The van der Waals surface area contributed by atoms with Gasteiger partial charge >= 0.3 is 0 Å². The Morgan fingerprint density at radius 1 is 1.36 bits per heavy atom. The first kappa shape index (κ1) is 18.9. The van der Waals surface area contributed by atoms with Gasteiger partial charge in [0.15, 0.2) is 5.84 Å². The van der Waals surface area contributed by atoms with Crippen LogP contribution in [0.15, 0.2) is 44.5 Å². The monoisotopic (exact) mass is 338 g/mol. The fourth-order valence-electron chi connectivity index (χ4n) is 2.28. The van der Waals surface area contributed by atoms with Crippen molar-refractivity contribution in [2.24, 2.45) is 15.7 Å². The van der Waals surface area contributed by atoms with Gasteiger partial charge in [-0.3, -0.25) is 9.30 Å². The summed E-state index contributed by atoms with van der Waals surface area (Å²) in [5.41, 5.74) is 9.45. The lowest BCUT2D eigenvalue weighted by molar-refractivity contribution is 0.886. The summed E-state index contributed by atoms with van der Waals surface area (Å²) in [5.74, 6) is 1.51. The number of rotatable bonds is 4. The second kappa shape index (κ2) is 9.10. The van der Waals surface area contributed by atoms with Crippen molar-refractivity contribution in [1.82, 2.24) is 4.31 Å². The third-order valence-corrected chi connectivity index (χ3v) is 4.65. The first-order valence-electron chi connectivity index (χ1n) is 7.30. The van der Waals surface area contributed by atoms with Crippen molar-refractivity contribution < 1.29 is 0 Å². The average Bonchev–Trinajstić information content (AvgIpc) is 3.03. The van der Waals surface area contributed by atoms with E-state index in [0.717, 1.165) is 29.9 Å². The smallest absolute Gasteiger partial charge is 0.156 e. The zero-order valence-electron chi connectivity index (χ0n) is 13.9. The Labute approximate surface area is 143 Å². The Balaban J connectivity index is 3.10. The largest absolute Gasteiger partial charge is 0.399 e. The van der Waals surface area contributed by atoms with Gasteiger partial charge in [0.25, 0.3) is 0 Å². The topological polar surface area (TPSA) is 54.0 Å². The van der Waals surface area contributed by atoms with Crippen LogP contribution in [0.25, 0.3) is 0 Å². The summed E-state index contributed by atoms with van der Waals surface area (Å²) >= 11 is 5.87. The Hall–Kier alpha value is -1.14. The van der Waals surface area contributed by atoms with Gasteiger partial charge in [0.1, 0.15) is 5.84 Å². The van der Waals surface area contributed by atoms with E-state index in [4.69, 9.17) is 5.73 Å². The molecule has 1 saturated carbocycles. The molecular formula is C16H26N4S2. The summed E-state index contributed by atoms with van der Waals surface area (Å²) in [6.45, 7) is 7.81. The van der Waals surface area contributed by atoms with Crippen LogP contribution in [0.5, 0.6) is 0 Å². The van der Waals surface area contributed by atoms with Crippen molar-refractivity contribution in [3.8, 4) is 0 Å². The number of allylic oxidation sites excluding steroid dienone is 2. The Bertz CT molecular complexity index is 536. The SMILES string of the molecule is C=C(S)C(=N/C=C(\C)C(N)=C1CCCC1)N(SC)C(C)=NC. The Morgan fingerprint density at radius 3 is 2.41 bits per heavy atom. The van der Waals surface area contributed by atoms with Gasteiger partial charge in [-0.15, -0.1) is 12.6 Å². The number of nitrogens with two attached hydrogens (primary N) is 1. The van der Waals surface area contributed by atoms with E-state index < -0.39 is 0 Å². The Kier molecular flexibility index (Phi) is 7.82. The molecule has 1 aliphatic rings. The van der Waals surface area contributed by atoms with E-state index in [0.29, 0.717) is 10.7 Å². The molecule has 0 aromatic heterocycles. The Morgan fingerprint density at radius 2 is 1.95 bits per heavy atom. The van der Waals surface area contributed by atoms with Crippen LogP contribution in [0, 0.1) is 0 Å². The number of hydrogen-bond donors (Lipinski definition) is 2. The molecule has 6 heteroatoms. The third kappa shape index (κ3) is 4.95. The molecule has 2 N–H and O–H groups in total. The van der Waals surface area contributed by atoms with E-state index in [1.54, 1.807) is 13.2 Å². The van der Waals surface area contributed by atoms with Gasteiger partial charge in [-0.05, 0) is 62.6 Å². The molecule has 1 aliphatic carbocycles. The maximum atomic E-state index is 6.24. The zero-order chi connectivity index (χ0) is 16.7. The highest BCUT2D eigenvalue weighted by Gasteiger charge is 2.15. The molecule has 0 aliphatic heterocycles. The molecular weight excluding hydrogens is 312 g/mol. The van der Waals surface area contributed by atoms with Crippen LogP contribution in [0.4, 0.5) is 0 Å². The average molecular weight is 339 g/mol. The lowest BCUT2D eigenvalue weighted by atomic mass is 10.1. The predicted octanol–water partition coefficient (Wildman–Crippen LogP) is 4.15. The second-order valence-corrected chi connectivity index (χ2v) is 6.45. The molecule has 0 heterocycles. The molecule has 0 bridgehead atoms. The minimum Gasteiger partial charge on any atom is -0.399 e. The van der Waals surface area contributed by atoms with Crippen molar-refractivity contribution in [2.75, 3.05) is 13.3 Å². The van der Waals surface area contributed by atoms with Gasteiger partial charge in [0.2, 0.25) is 0 Å². The van der Waals surface area contributed by atoms with Crippen LogP contribution in [-0.2, 0) is 0 Å². The first-order valence-corrected chi connectivity index (χ1v) is 8.93. The summed E-state index contributed by atoms with van der Waals surface area (Å²) < 4.78 is 1.90. The van der Waals surface area contributed by atoms with Gasteiger partial charge in [0.05, 0.1) is 0 Å². The van der Waals surface area contributed by atoms with Gasteiger partial charge in [0, 0.05) is 30.1 Å². The fraction of sp³-hybridized carbons (Fsp3) is 0.500. The summed E-state index contributed by atoms with van der Waals surface area (Å²) in [4.78, 5) is 9.34. The number of aliphatic imine (C=N–C) groups is 2. The first-order chi connectivity index (χ1) is 10.4. The van der Waals surface area contributed by atoms with Crippen molar-refractivity contribution in [3.05, 3.63) is 34.5 Å². The third-order valence-electron chi connectivity index (χ3n) is 3.64. The minimum atomic E-state index is 0.591. The summed E-state index contributed by atoms with van der Waals surface area (Å²) in [6.07, 6.45) is 8.43. The van der Waals surface area contributed by atoms with Crippen molar-refractivity contribution in [2.45, 2.75) is 39.5 Å².